The molecule has 22 heavy (non-hydrogen) atoms. The summed E-state index contributed by atoms with van der Waals surface area (Å²) in [5.74, 6) is -0.0719. The molecular formula is C15H31NO6. The number of rotatable bonds is 13. The molecule has 1 aliphatic heterocycles. The van der Waals surface area contributed by atoms with E-state index in [4.69, 9.17) is 24.7 Å². The fourth-order valence-electron chi connectivity index (χ4n) is 2.35. The molecule has 0 bridgehead atoms. The average Bonchev–Trinajstić information content (AvgIpc) is 2.97. The standard InChI is InChI=1S/C15H31NO6/c1-12(18)13-10-20-11-14(13)22-15(9-17)21-7-4-2-3-6-19-8-5-16/h12-15,17-18H,2-11,16H2,1H3/t12?,13-,14?,15-/m0/s1. The number of hydrogen-bond donors (Lipinski definition) is 3. The summed E-state index contributed by atoms with van der Waals surface area (Å²) in [5, 5.41) is 19.0. The fourth-order valence-corrected chi connectivity index (χ4v) is 2.35. The predicted molar refractivity (Wildman–Crippen MR) is 81.4 cm³/mol. The van der Waals surface area contributed by atoms with Gasteiger partial charge in [0.15, 0.2) is 6.29 Å². The quantitative estimate of drug-likeness (QED) is 0.321. The molecule has 1 rings (SSSR count). The minimum atomic E-state index is -0.665. The zero-order valence-electron chi connectivity index (χ0n) is 13.5. The first kappa shape index (κ1) is 19.8. The van der Waals surface area contributed by atoms with Gasteiger partial charge in [0.05, 0.1) is 38.6 Å². The Hall–Kier alpha value is -0.280. The van der Waals surface area contributed by atoms with E-state index < -0.39 is 12.4 Å². The van der Waals surface area contributed by atoms with E-state index in [1.54, 1.807) is 6.92 Å². The Morgan fingerprint density at radius 3 is 2.64 bits per heavy atom. The highest BCUT2D eigenvalue weighted by atomic mass is 16.7. The summed E-state index contributed by atoms with van der Waals surface area (Å²) in [5.41, 5.74) is 5.33. The van der Waals surface area contributed by atoms with Gasteiger partial charge in [-0.2, -0.15) is 0 Å². The summed E-state index contributed by atoms with van der Waals surface area (Å²) in [6, 6.07) is 0. The van der Waals surface area contributed by atoms with Crippen LogP contribution < -0.4 is 5.73 Å². The zero-order valence-corrected chi connectivity index (χ0v) is 13.5. The number of hydrogen-bond acceptors (Lipinski definition) is 7. The van der Waals surface area contributed by atoms with E-state index in [9.17, 15) is 10.2 Å². The van der Waals surface area contributed by atoms with Crippen LogP contribution in [-0.2, 0) is 18.9 Å². The number of unbranched alkanes of at least 4 members (excludes halogenated alkanes) is 2. The summed E-state index contributed by atoms with van der Waals surface area (Å²) in [4.78, 5) is 0. The Balaban J connectivity index is 2.09. The van der Waals surface area contributed by atoms with Crippen molar-refractivity contribution in [1.82, 2.24) is 0 Å². The second kappa shape index (κ2) is 12.2. The Morgan fingerprint density at radius 2 is 1.95 bits per heavy atom. The Labute approximate surface area is 132 Å². The largest absolute Gasteiger partial charge is 0.393 e. The van der Waals surface area contributed by atoms with E-state index >= 15 is 0 Å². The predicted octanol–water partition coefficient (Wildman–Crippen LogP) is -0.121. The van der Waals surface area contributed by atoms with Crippen molar-refractivity contribution in [2.45, 2.75) is 44.7 Å². The molecule has 0 saturated carbocycles. The van der Waals surface area contributed by atoms with Gasteiger partial charge >= 0.3 is 0 Å². The lowest BCUT2D eigenvalue weighted by atomic mass is 10.0. The molecule has 0 aromatic carbocycles. The van der Waals surface area contributed by atoms with Crippen molar-refractivity contribution in [2.75, 3.05) is 46.2 Å². The Kier molecular flexibility index (Phi) is 10.9. The van der Waals surface area contributed by atoms with Crippen LogP contribution in [0.3, 0.4) is 0 Å². The number of aliphatic hydroxyl groups is 2. The lowest BCUT2D eigenvalue weighted by Gasteiger charge is -2.25. The van der Waals surface area contributed by atoms with Crippen LogP contribution >= 0.6 is 0 Å². The number of aliphatic hydroxyl groups excluding tert-OH is 2. The second-order valence-corrected chi connectivity index (χ2v) is 5.56. The van der Waals surface area contributed by atoms with Crippen molar-refractivity contribution in [3.05, 3.63) is 0 Å². The van der Waals surface area contributed by atoms with E-state index in [2.05, 4.69) is 0 Å². The maximum Gasteiger partial charge on any atom is 0.180 e. The molecule has 7 heteroatoms. The minimum absolute atomic E-state index is 0.0719. The van der Waals surface area contributed by atoms with E-state index in [-0.39, 0.29) is 18.6 Å². The van der Waals surface area contributed by atoms with Gasteiger partial charge in [-0.25, -0.2) is 0 Å². The molecule has 0 amide bonds. The third kappa shape index (κ3) is 7.82. The van der Waals surface area contributed by atoms with Crippen LogP contribution in [0.1, 0.15) is 26.2 Å². The molecule has 0 aliphatic carbocycles. The van der Waals surface area contributed by atoms with Crippen LogP contribution in [-0.4, -0.2) is 74.9 Å². The van der Waals surface area contributed by atoms with Crippen molar-refractivity contribution >= 4 is 0 Å². The van der Waals surface area contributed by atoms with E-state index in [1.807, 2.05) is 0 Å². The summed E-state index contributed by atoms with van der Waals surface area (Å²) < 4.78 is 21.8. The molecule has 1 fully saturated rings. The zero-order chi connectivity index (χ0) is 16.2. The highest BCUT2D eigenvalue weighted by molar-refractivity contribution is 4.80. The van der Waals surface area contributed by atoms with Crippen LogP contribution in [0.4, 0.5) is 0 Å². The number of nitrogens with two attached hydrogens (primary N) is 1. The van der Waals surface area contributed by atoms with Gasteiger partial charge in [-0.1, -0.05) is 0 Å². The van der Waals surface area contributed by atoms with Crippen LogP contribution in [0.15, 0.2) is 0 Å². The molecular weight excluding hydrogens is 290 g/mol. The van der Waals surface area contributed by atoms with Gasteiger partial charge in [0.1, 0.15) is 0 Å². The maximum absolute atomic E-state index is 9.66. The molecule has 7 nitrogen and oxygen atoms in total. The molecule has 4 N–H and O–H groups in total. The third-order valence-electron chi connectivity index (χ3n) is 3.66. The van der Waals surface area contributed by atoms with Crippen LogP contribution in [0.5, 0.6) is 0 Å². The van der Waals surface area contributed by atoms with Gasteiger partial charge in [-0.3, -0.25) is 0 Å². The van der Waals surface area contributed by atoms with Crippen molar-refractivity contribution in [2.24, 2.45) is 11.7 Å². The topological polar surface area (TPSA) is 103 Å². The van der Waals surface area contributed by atoms with E-state index in [1.165, 1.54) is 0 Å². The van der Waals surface area contributed by atoms with Crippen LogP contribution in [0.25, 0.3) is 0 Å². The monoisotopic (exact) mass is 321 g/mol. The van der Waals surface area contributed by atoms with E-state index in [0.29, 0.717) is 39.6 Å². The molecule has 0 spiro atoms. The van der Waals surface area contributed by atoms with Gasteiger partial charge in [0.2, 0.25) is 0 Å². The fraction of sp³-hybridized carbons (Fsp3) is 1.00. The second-order valence-electron chi connectivity index (χ2n) is 5.56. The van der Waals surface area contributed by atoms with Gasteiger partial charge in [-0.05, 0) is 26.2 Å². The molecule has 0 radical (unpaired) electrons. The van der Waals surface area contributed by atoms with E-state index in [0.717, 1.165) is 19.3 Å². The van der Waals surface area contributed by atoms with Gasteiger partial charge < -0.3 is 34.9 Å². The van der Waals surface area contributed by atoms with Gasteiger partial charge in [-0.15, -0.1) is 0 Å². The first-order chi connectivity index (χ1) is 10.7. The lowest BCUT2D eigenvalue weighted by Crippen LogP contribution is -2.36. The average molecular weight is 321 g/mol. The summed E-state index contributed by atoms with van der Waals surface area (Å²) in [6.45, 7) is 4.81. The van der Waals surface area contributed by atoms with Crippen molar-refractivity contribution in [1.29, 1.82) is 0 Å². The van der Waals surface area contributed by atoms with Gasteiger partial charge in [0.25, 0.3) is 0 Å². The molecule has 132 valence electrons. The van der Waals surface area contributed by atoms with Crippen LogP contribution in [0.2, 0.25) is 0 Å². The molecule has 0 aromatic rings. The molecule has 4 atom stereocenters. The molecule has 1 heterocycles. The minimum Gasteiger partial charge on any atom is -0.393 e. The Morgan fingerprint density at radius 1 is 1.18 bits per heavy atom. The lowest BCUT2D eigenvalue weighted by molar-refractivity contribution is -0.198. The smallest absolute Gasteiger partial charge is 0.180 e. The SMILES string of the molecule is CC(O)[C@@H]1COCC1O[C@@H](CO)OCCCCCOCCN. The summed E-state index contributed by atoms with van der Waals surface area (Å²) in [6.07, 6.45) is 1.44. The summed E-state index contributed by atoms with van der Waals surface area (Å²) in [7, 11) is 0. The first-order valence-corrected chi connectivity index (χ1v) is 8.10. The van der Waals surface area contributed by atoms with Crippen molar-refractivity contribution in [3.8, 4) is 0 Å². The molecule has 1 aliphatic rings. The number of ether oxygens (including phenoxy) is 4. The molecule has 0 aromatic heterocycles. The maximum atomic E-state index is 9.66. The summed E-state index contributed by atoms with van der Waals surface area (Å²) >= 11 is 0. The van der Waals surface area contributed by atoms with Crippen molar-refractivity contribution in [3.63, 3.8) is 0 Å². The van der Waals surface area contributed by atoms with Crippen LogP contribution in [0, 0.1) is 5.92 Å². The highest BCUT2D eigenvalue weighted by Gasteiger charge is 2.34. The molecule has 2 unspecified atom stereocenters. The molecule has 1 saturated heterocycles. The Bertz CT molecular complexity index is 266. The van der Waals surface area contributed by atoms with Crippen molar-refractivity contribution < 1.29 is 29.2 Å². The first-order valence-electron chi connectivity index (χ1n) is 8.10. The highest BCUT2D eigenvalue weighted by Crippen LogP contribution is 2.22. The van der Waals surface area contributed by atoms with Gasteiger partial charge in [0, 0.05) is 25.7 Å². The third-order valence-corrected chi connectivity index (χ3v) is 3.66. The normalized spacial score (nSPS) is 24.5.